The highest BCUT2D eigenvalue weighted by Crippen LogP contribution is 2.27. The van der Waals surface area contributed by atoms with E-state index >= 15 is 0 Å². The number of carbonyl (C=O) groups is 1. The Labute approximate surface area is 120 Å². The van der Waals surface area contributed by atoms with Gasteiger partial charge in [0.1, 0.15) is 0 Å². The van der Waals surface area contributed by atoms with Crippen LogP contribution in [0.25, 0.3) is 10.9 Å². The molecule has 1 aliphatic heterocycles. The first-order valence-electron chi connectivity index (χ1n) is 6.72. The summed E-state index contributed by atoms with van der Waals surface area (Å²) in [6, 6.07) is 6.00. The summed E-state index contributed by atoms with van der Waals surface area (Å²) in [5.41, 5.74) is 2.83. The standard InChI is InChI=1S/C15H17BrN2O/c1-9-14(15(19)13-4-2-3-7-17-13)11-8-10(16)5-6-12(11)18-9/h5-6,8,13,17-18H,2-4,7H2,1H3. The molecule has 1 aliphatic rings. The smallest absolute Gasteiger partial charge is 0.182 e. The molecule has 0 radical (unpaired) electrons. The average Bonchev–Trinajstić information content (AvgIpc) is 2.74. The van der Waals surface area contributed by atoms with Gasteiger partial charge < -0.3 is 10.3 Å². The third kappa shape index (κ3) is 2.35. The molecule has 1 saturated heterocycles. The summed E-state index contributed by atoms with van der Waals surface area (Å²) in [4.78, 5) is 16.0. The van der Waals surface area contributed by atoms with Crippen molar-refractivity contribution in [3.8, 4) is 0 Å². The van der Waals surface area contributed by atoms with Crippen LogP contribution in [0, 0.1) is 6.92 Å². The molecule has 1 aromatic heterocycles. The second-order valence-electron chi connectivity index (χ2n) is 5.18. The van der Waals surface area contributed by atoms with Gasteiger partial charge >= 0.3 is 0 Å². The molecule has 0 aliphatic carbocycles. The fourth-order valence-corrected chi connectivity index (χ4v) is 3.23. The SMILES string of the molecule is Cc1[nH]c2ccc(Br)cc2c1C(=O)C1CCCCN1. The van der Waals surface area contributed by atoms with E-state index in [1.807, 2.05) is 25.1 Å². The van der Waals surface area contributed by atoms with Crippen molar-refractivity contribution in [2.45, 2.75) is 32.2 Å². The molecule has 100 valence electrons. The predicted molar refractivity (Wildman–Crippen MR) is 80.7 cm³/mol. The van der Waals surface area contributed by atoms with Crippen LogP contribution in [0.1, 0.15) is 35.3 Å². The first-order valence-corrected chi connectivity index (χ1v) is 7.51. The summed E-state index contributed by atoms with van der Waals surface area (Å²) in [7, 11) is 0. The normalized spacial score (nSPS) is 19.8. The number of carbonyl (C=O) groups excluding carboxylic acids is 1. The molecular formula is C15H17BrN2O. The van der Waals surface area contributed by atoms with E-state index in [0.717, 1.165) is 46.0 Å². The van der Waals surface area contributed by atoms with Crippen molar-refractivity contribution in [3.63, 3.8) is 0 Å². The van der Waals surface area contributed by atoms with Gasteiger partial charge in [0.25, 0.3) is 0 Å². The van der Waals surface area contributed by atoms with Crippen molar-refractivity contribution in [1.29, 1.82) is 0 Å². The Bertz CT molecular complexity index is 626. The van der Waals surface area contributed by atoms with Crippen molar-refractivity contribution < 1.29 is 4.79 Å². The first-order chi connectivity index (χ1) is 9.16. The zero-order valence-corrected chi connectivity index (χ0v) is 12.5. The van der Waals surface area contributed by atoms with Crippen LogP contribution < -0.4 is 5.32 Å². The molecule has 1 atom stereocenters. The highest BCUT2D eigenvalue weighted by Gasteiger charge is 2.25. The van der Waals surface area contributed by atoms with Crippen LogP contribution in [0.2, 0.25) is 0 Å². The van der Waals surface area contributed by atoms with E-state index in [4.69, 9.17) is 0 Å². The molecule has 2 N–H and O–H groups in total. The molecule has 0 amide bonds. The Kier molecular flexibility index (Phi) is 3.46. The molecule has 2 aromatic rings. The van der Waals surface area contributed by atoms with Gasteiger partial charge in [0.15, 0.2) is 5.78 Å². The lowest BCUT2D eigenvalue weighted by molar-refractivity contribution is 0.0928. The topological polar surface area (TPSA) is 44.9 Å². The van der Waals surface area contributed by atoms with E-state index in [-0.39, 0.29) is 11.8 Å². The van der Waals surface area contributed by atoms with Crippen LogP contribution in [0.15, 0.2) is 22.7 Å². The summed E-state index contributed by atoms with van der Waals surface area (Å²) in [6.45, 7) is 2.92. The number of H-pyrrole nitrogens is 1. The number of halogens is 1. The molecule has 0 spiro atoms. The maximum absolute atomic E-state index is 12.7. The lowest BCUT2D eigenvalue weighted by atomic mass is 9.95. The number of aromatic amines is 1. The second-order valence-corrected chi connectivity index (χ2v) is 6.10. The molecule has 0 saturated carbocycles. The minimum absolute atomic E-state index is 0.0227. The number of aryl methyl sites for hydroxylation is 1. The molecule has 19 heavy (non-hydrogen) atoms. The average molecular weight is 321 g/mol. The van der Waals surface area contributed by atoms with Gasteiger partial charge in [-0.1, -0.05) is 22.4 Å². The third-order valence-electron chi connectivity index (χ3n) is 3.82. The largest absolute Gasteiger partial charge is 0.358 e. The highest BCUT2D eigenvalue weighted by molar-refractivity contribution is 9.10. The summed E-state index contributed by atoms with van der Waals surface area (Å²) in [6.07, 6.45) is 3.25. The maximum Gasteiger partial charge on any atom is 0.182 e. The Hall–Kier alpha value is -1.13. The maximum atomic E-state index is 12.7. The van der Waals surface area contributed by atoms with E-state index in [0.29, 0.717) is 0 Å². The molecule has 0 bridgehead atoms. The van der Waals surface area contributed by atoms with Gasteiger partial charge in [0, 0.05) is 26.6 Å². The van der Waals surface area contributed by atoms with Crippen LogP contribution in [0.4, 0.5) is 0 Å². The van der Waals surface area contributed by atoms with Gasteiger partial charge in [-0.15, -0.1) is 0 Å². The molecule has 1 fully saturated rings. The number of benzene rings is 1. The van der Waals surface area contributed by atoms with Crippen molar-refractivity contribution in [2.24, 2.45) is 0 Å². The molecule has 3 rings (SSSR count). The van der Waals surface area contributed by atoms with Crippen LogP contribution in [-0.2, 0) is 0 Å². The zero-order chi connectivity index (χ0) is 13.4. The number of piperidine rings is 1. The van der Waals surface area contributed by atoms with Gasteiger partial charge in [0.05, 0.1) is 6.04 Å². The van der Waals surface area contributed by atoms with Crippen LogP contribution in [0.5, 0.6) is 0 Å². The summed E-state index contributed by atoms with van der Waals surface area (Å²) >= 11 is 3.48. The van der Waals surface area contributed by atoms with Gasteiger partial charge in [-0.25, -0.2) is 0 Å². The van der Waals surface area contributed by atoms with Crippen LogP contribution in [0.3, 0.4) is 0 Å². The number of fused-ring (bicyclic) bond motifs is 1. The lowest BCUT2D eigenvalue weighted by Gasteiger charge is -2.22. The van der Waals surface area contributed by atoms with Gasteiger partial charge in [-0.05, 0) is 44.5 Å². The predicted octanol–water partition coefficient (Wildman–Crippen LogP) is 3.56. The number of hydrogen-bond donors (Lipinski definition) is 2. The quantitative estimate of drug-likeness (QED) is 0.831. The van der Waals surface area contributed by atoms with Crippen molar-refractivity contribution >= 4 is 32.6 Å². The number of rotatable bonds is 2. The van der Waals surface area contributed by atoms with Crippen molar-refractivity contribution in [3.05, 3.63) is 33.9 Å². The minimum atomic E-state index is -0.0227. The molecule has 3 nitrogen and oxygen atoms in total. The van der Waals surface area contributed by atoms with E-state index in [1.54, 1.807) is 0 Å². The molecule has 1 unspecified atom stereocenters. The van der Waals surface area contributed by atoms with E-state index in [1.165, 1.54) is 6.42 Å². The second kappa shape index (κ2) is 5.10. The van der Waals surface area contributed by atoms with E-state index < -0.39 is 0 Å². The Morgan fingerprint density at radius 3 is 2.95 bits per heavy atom. The molecule has 1 aromatic carbocycles. The van der Waals surface area contributed by atoms with Crippen LogP contribution in [-0.4, -0.2) is 23.4 Å². The summed E-state index contributed by atoms with van der Waals surface area (Å²) in [5, 5.41) is 4.36. The summed E-state index contributed by atoms with van der Waals surface area (Å²) in [5.74, 6) is 0.224. The monoisotopic (exact) mass is 320 g/mol. The third-order valence-corrected chi connectivity index (χ3v) is 4.31. The molecule has 2 heterocycles. The Balaban J connectivity index is 2.05. The molecule has 4 heteroatoms. The van der Waals surface area contributed by atoms with Crippen LogP contribution >= 0.6 is 15.9 Å². The number of aromatic nitrogens is 1. The minimum Gasteiger partial charge on any atom is -0.358 e. The fraction of sp³-hybridized carbons (Fsp3) is 0.400. The van der Waals surface area contributed by atoms with E-state index in [9.17, 15) is 4.79 Å². The number of Topliss-reactive ketones (excluding diaryl/α,β-unsaturated/α-hetero) is 1. The van der Waals surface area contributed by atoms with Crippen molar-refractivity contribution in [1.82, 2.24) is 10.3 Å². The number of hydrogen-bond acceptors (Lipinski definition) is 2. The number of ketones is 1. The lowest BCUT2D eigenvalue weighted by Crippen LogP contribution is -2.40. The van der Waals surface area contributed by atoms with Gasteiger partial charge in [-0.3, -0.25) is 4.79 Å². The first kappa shape index (κ1) is 12.9. The summed E-state index contributed by atoms with van der Waals surface area (Å²) < 4.78 is 1.00. The van der Waals surface area contributed by atoms with Crippen molar-refractivity contribution in [2.75, 3.05) is 6.54 Å². The molecular weight excluding hydrogens is 304 g/mol. The Morgan fingerprint density at radius 2 is 2.21 bits per heavy atom. The van der Waals surface area contributed by atoms with Gasteiger partial charge in [0.2, 0.25) is 0 Å². The fourth-order valence-electron chi connectivity index (χ4n) is 2.87. The highest BCUT2D eigenvalue weighted by atomic mass is 79.9. The van der Waals surface area contributed by atoms with E-state index in [2.05, 4.69) is 26.2 Å². The Morgan fingerprint density at radius 1 is 1.37 bits per heavy atom. The van der Waals surface area contributed by atoms with Gasteiger partial charge in [-0.2, -0.15) is 0 Å². The number of nitrogens with one attached hydrogen (secondary N) is 2. The zero-order valence-electron chi connectivity index (χ0n) is 10.9.